The normalized spacial score (nSPS) is 18.6. The second-order valence-electron chi connectivity index (χ2n) is 5.26. The van der Waals surface area contributed by atoms with Crippen LogP contribution in [0.5, 0.6) is 0 Å². The topological polar surface area (TPSA) is 45.5 Å². The van der Waals surface area contributed by atoms with Crippen molar-refractivity contribution >= 4 is 11.3 Å². The van der Waals surface area contributed by atoms with Crippen LogP contribution in [0.15, 0.2) is 24.7 Å². The first-order valence-electron chi connectivity index (χ1n) is 7.11. The first-order valence-corrected chi connectivity index (χ1v) is 7.11. The Balaban J connectivity index is 1.63. The van der Waals surface area contributed by atoms with Gasteiger partial charge in [0.25, 0.3) is 0 Å². The zero-order valence-corrected chi connectivity index (χ0v) is 11.4. The molecule has 5 nitrogen and oxygen atoms in total. The minimum Gasteiger partial charge on any atom is -0.367 e. The molecule has 1 atom stereocenters. The van der Waals surface area contributed by atoms with E-state index >= 15 is 0 Å². The van der Waals surface area contributed by atoms with Gasteiger partial charge in [-0.15, -0.1) is 0 Å². The van der Waals surface area contributed by atoms with Crippen LogP contribution in [0.3, 0.4) is 0 Å². The van der Waals surface area contributed by atoms with Crippen LogP contribution in [0.4, 0.5) is 5.82 Å². The van der Waals surface area contributed by atoms with Gasteiger partial charge in [-0.2, -0.15) is 5.10 Å². The van der Waals surface area contributed by atoms with Crippen molar-refractivity contribution in [1.29, 1.82) is 0 Å². The van der Waals surface area contributed by atoms with Crippen LogP contribution >= 0.6 is 0 Å². The van der Waals surface area contributed by atoms with Gasteiger partial charge in [0.1, 0.15) is 5.52 Å². The largest absolute Gasteiger partial charge is 0.367 e. The lowest BCUT2D eigenvalue weighted by molar-refractivity contribution is 0.180. The lowest BCUT2D eigenvalue weighted by Crippen LogP contribution is -2.41. The second-order valence-corrected chi connectivity index (χ2v) is 5.26. The van der Waals surface area contributed by atoms with Crippen LogP contribution in [0.25, 0.3) is 5.52 Å². The van der Waals surface area contributed by atoms with E-state index in [1.54, 1.807) is 12.4 Å². The lowest BCUT2D eigenvalue weighted by atomic mass is 10.1. The highest BCUT2D eigenvalue weighted by Gasteiger charge is 2.16. The Hall–Kier alpha value is -1.62. The summed E-state index contributed by atoms with van der Waals surface area (Å²) >= 11 is 0. The fourth-order valence-corrected chi connectivity index (χ4v) is 2.73. The molecule has 1 saturated heterocycles. The second kappa shape index (κ2) is 5.57. The molecule has 1 unspecified atom stereocenters. The van der Waals surface area contributed by atoms with Gasteiger partial charge in [0.2, 0.25) is 0 Å². The van der Waals surface area contributed by atoms with Gasteiger partial charge < -0.3 is 5.32 Å². The van der Waals surface area contributed by atoms with E-state index in [0.29, 0.717) is 6.04 Å². The van der Waals surface area contributed by atoms with E-state index in [4.69, 9.17) is 0 Å². The first kappa shape index (κ1) is 12.4. The number of nitrogens with one attached hydrogen (secondary N) is 1. The molecular formula is C14H21N5. The van der Waals surface area contributed by atoms with Gasteiger partial charge in [0, 0.05) is 25.0 Å². The van der Waals surface area contributed by atoms with Gasteiger partial charge in [-0.3, -0.25) is 4.90 Å². The van der Waals surface area contributed by atoms with E-state index in [1.165, 1.54) is 32.4 Å². The number of fused-ring (bicyclic) bond motifs is 1. The summed E-state index contributed by atoms with van der Waals surface area (Å²) in [6.07, 6.45) is 9.51. The van der Waals surface area contributed by atoms with Gasteiger partial charge in [-0.1, -0.05) is 6.42 Å². The molecule has 5 heteroatoms. The summed E-state index contributed by atoms with van der Waals surface area (Å²) < 4.78 is 1.85. The minimum atomic E-state index is 0.547. The summed E-state index contributed by atoms with van der Waals surface area (Å²) in [6, 6.07) is 2.53. The molecule has 2 aromatic rings. The van der Waals surface area contributed by atoms with Crippen molar-refractivity contribution in [3.8, 4) is 0 Å². The molecule has 1 N–H and O–H groups in total. The van der Waals surface area contributed by atoms with E-state index in [0.717, 1.165) is 17.9 Å². The molecule has 1 fully saturated rings. The van der Waals surface area contributed by atoms with Crippen LogP contribution in [0.2, 0.25) is 0 Å². The third kappa shape index (κ3) is 2.71. The highest BCUT2D eigenvalue weighted by Crippen LogP contribution is 2.15. The predicted molar refractivity (Wildman–Crippen MR) is 76.4 cm³/mol. The van der Waals surface area contributed by atoms with E-state index in [9.17, 15) is 0 Å². The zero-order chi connectivity index (χ0) is 13.1. The molecular weight excluding hydrogens is 238 g/mol. The first-order chi connectivity index (χ1) is 9.34. The number of anilines is 1. The Morgan fingerprint density at radius 1 is 1.26 bits per heavy atom. The van der Waals surface area contributed by atoms with E-state index in [-0.39, 0.29) is 0 Å². The molecule has 0 aromatic carbocycles. The number of hydrogen-bond donors (Lipinski definition) is 1. The third-order valence-corrected chi connectivity index (χ3v) is 3.90. The number of nitrogens with zero attached hydrogens (tertiary/aromatic N) is 4. The third-order valence-electron chi connectivity index (χ3n) is 3.90. The molecule has 0 bridgehead atoms. The standard InChI is InChI=1S/C14H21N5/c1-12(18-8-3-2-4-9-18)11-16-14-13-5-6-17-19(13)10-7-15-14/h5-7,10,12H,2-4,8-9,11H2,1H3,(H,15,16). The van der Waals surface area contributed by atoms with Gasteiger partial charge in [-0.25, -0.2) is 9.50 Å². The number of rotatable bonds is 4. The van der Waals surface area contributed by atoms with Crippen LogP contribution in [0, 0.1) is 0 Å². The highest BCUT2D eigenvalue weighted by molar-refractivity contribution is 5.66. The van der Waals surface area contributed by atoms with Crippen LogP contribution in [-0.4, -0.2) is 45.2 Å². The average molecular weight is 259 g/mol. The van der Waals surface area contributed by atoms with Gasteiger partial charge >= 0.3 is 0 Å². The van der Waals surface area contributed by atoms with E-state index < -0.39 is 0 Å². The maximum absolute atomic E-state index is 4.41. The lowest BCUT2D eigenvalue weighted by Gasteiger charge is -2.32. The summed E-state index contributed by atoms with van der Waals surface area (Å²) in [5, 5.41) is 7.68. The fourth-order valence-electron chi connectivity index (χ4n) is 2.73. The predicted octanol–water partition coefficient (Wildman–Crippen LogP) is 2.02. The molecule has 1 aliphatic rings. The van der Waals surface area contributed by atoms with Gasteiger partial charge in [0.05, 0.1) is 6.20 Å². The molecule has 19 heavy (non-hydrogen) atoms. The van der Waals surface area contributed by atoms with Gasteiger partial charge in [-0.05, 0) is 38.9 Å². The molecule has 0 aliphatic carbocycles. The molecule has 2 aromatic heterocycles. The summed E-state index contributed by atoms with van der Waals surface area (Å²) in [5.41, 5.74) is 1.04. The van der Waals surface area contributed by atoms with Crippen molar-refractivity contribution in [2.24, 2.45) is 0 Å². The number of piperidine rings is 1. The fraction of sp³-hybridized carbons (Fsp3) is 0.571. The van der Waals surface area contributed by atoms with Crippen LogP contribution in [-0.2, 0) is 0 Å². The van der Waals surface area contributed by atoms with Crippen molar-refractivity contribution in [2.75, 3.05) is 25.0 Å². The maximum atomic E-state index is 4.41. The maximum Gasteiger partial charge on any atom is 0.152 e. The van der Waals surface area contributed by atoms with Crippen molar-refractivity contribution < 1.29 is 0 Å². The molecule has 102 valence electrons. The SMILES string of the molecule is CC(CNc1nccn2nccc12)N1CCCCC1. The monoisotopic (exact) mass is 259 g/mol. The van der Waals surface area contributed by atoms with Crippen molar-refractivity contribution in [3.63, 3.8) is 0 Å². The zero-order valence-electron chi connectivity index (χ0n) is 11.4. The van der Waals surface area contributed by atoms with E-state index in [1.807, 2.05) is 16.8 Å². The number of likely N-dealkylation sites (tertiary alicyclic amines) is 1. The van der Waals surface area contributed by atoms with Crippen molar-refractivity contribution in [3.05, 3.63) is 24.7 Å². The smallest absolute Gasteiger partial charge is 0.152 e. The van der Waals surface area contributed by atoms with Crippen LogP contribution in [0.1, 0.15) is 26.2 Å². The number of aromatic nitrogens is 3. The van der Waals surface area contributed by atoms with E-state index in [2.05, 4.69) is 27.2 Å². The Labute approximate surface area is 113 Å². The Morgan fingerprint density at radius 2 is 2.11 bits per heavy atom. The number of hydrogen-bond acceptors (Lipinski definition) is 4. The highest BCUT2D eigenvalue weighted by atomic mass is 15.2. The summed E-state index contributed by atoms with van der Waals surface area (Å²) in [5.74, 6) is 0.920. The molecule has 1 aliphatic heterocycles. The quantitative estimate of drug-likeness (QED) is 0.912. The molecule has 0 saturated carbocycles. The Morgan fingerprint density at radius 3 is 2.95 bits per heavy atom. The molecule has 3 rings (SSSR count). The van der Waals surface area contributed by atoms with Crippen molar-refractivity contribution in [1.82, 2.24) is 19.5 Å². The molecule has 0 spiro atoms. The molecule has 0 amide bonds. The summed E-state index contributed by atoms with van der Waals surface area (Å²) in [6.45, 7) is 5.67. The Kier molecular flexibility index (Phi) is 3.64. The molecule has 3 heterocycles. The van der Waals surface area contributed by atoms with Crippen molar-refractivity contribution in [2.45, 2.75) is 32.2 Å². The minimum absolute atomic E-state index is 0.547. The summed E-state index contributed by atoms with van der Waals surface area (Å²) in [7, 11) is 0. The van der Waals surface area contributed by atoms with Crippen LogP contribution < -0.4 is 5.32 Å². The van der Waals surface area contributed by atoms with Gasteiger partial charge in [0.15, 0.2) is 5.82 Å². The Bertz CT molecular complexity index is 529. The summed E-state index contributed by atoms with van der Waals surface area (Å²) in [4.78, 5) is 6.97. The average Bonchev–Trinajstić information content (AvgIpc) is 2.94. The molecule has 0 radical (unpaired) electrons.